The van der Waals surface area contributed by atoms with Crippen LogP contribution in [0.4, 0.5) is 5.69 Å². The Balaban J connectivity index is 1.76. The maximum atomic E-state index is 12.3. The number of carbonyl (C=O) groups is 1. The van der Waals surface area contributed by atoms with Crippen LogP contribution in [0.1, 0.15) is 5.56 Å². The maximum absolute atomic E-state index is 12.3. The molecule has 0 spiro atoms. The van der Waals surface area contributed by atoms with E-state index in [-0.39, 0.29) is 6.54 Å². The minimum atomic E-state index is -0.585. The van der Waals surface area contributed by atoms with Gasteiger partial charge in [0.2, 0.25) is 5.91 Å². The van der Waals surface area contributed by atoms with Crippen LogP contribution in [-0.2, 0) is 11.3 Å². The number of methoxy groups -OCH3 is 1. The molecule has 0 fully saturated rings. The number of aromatic nitrogens is 3. The molecular weight excluding hydrogens is 332 g/mol. The van der Waals surface area contributed by atoms with E-state index in [1.807, 2.05) is 43.3 Å². The summed E-state index contributed by atoms with van der Waals surface area (Å²) in [7, 11) is 1.53. The molecule has 0 radical (unpaired) electrons. The molecule has 0 saturated carbocycles. The zero-order valence-corrected chi connectivity index (χ0v) is 14.5. The summed E-state index contributed by atoms with van der Waals surface area (Å²) < 4.78 is 6.25. The van der Waals surface area contributed by atoms with Crippen LogP contribution in [0.15, 0.2) is 59.5 Å². The predicted octanol–water partition coefficient (Wildman–Crippen LogP) is 2.26. The zero-order valence-electron chi connectivity index (χ0n) is 14.5. The van der Waals surface area contributed by atoms with Crippen molar-refractivity contribution in [3.8, 4) is 17.0 Å². The highest BCUT2D eigenvalue weighted by atomic mass is 16.5. The molecule has 3 aromatic rings. The largest absolute Gasteiger partial charge is 0.495 e. The number of rotatable bonds is 5. The van der Waals surface area contributed by atoms with Crippen LogP contribution in [0.3, 0.4) is 0 Å². The van der Waals surface area contributed by atoms with Crippen LogP contribution in [0.25, 0.3) is 11.3 Å². The number of amides is 1. The quantitative estimate of drug-likeness (QED) is 0.763. The molecule has 1 amide bonds. The van der Waals surface area contributed by atoms with Crippen molar-refractivity contribution in [2.24, 2.45) is 0 Å². The normalized spacial score (nSPS) is 10.4. The molecule has 7 heteroatoms. The molecule has 0 unspecified atom stereocenters. The van der Waals surface area contributed by atoms with Gasteiger partial charge in [-0.05, 0) is 24.6 Å². The summed E-state index contributed by atoms with van der Waals surface area (Å²) >= 11 is 0. The maximum Gasteiger partial charge on any atom is 0.365 e. The number of ether oxygens (including phenoxy) is 1. The molecule has 132 valence electrons. The lowest BCUT2D eigenvalue weighted by Gasteiger charge is -2.11. The van der Waals surface area contributed by atoms with E-state index in [0.717, 1.165) is 15.8 Å². The molecule has 0 aliphatic heterocycles. The number of nitrogens with zero attached hydrogens (tertiary/aromatic N) is 3. The summed E-state index contributed by atoms with van der Waals surface area (Å²) in [4.78, 5) is 28.4. The highest BCUT2D eigenvalue weighted by Crippen LogP contribution is 2.25. The molecule has 1 N–H and O–H groups in total. The minimum absolute atomic E-state index is 0.238. The molecule has 0 saturated heterocycles. The fourth-order valence-electron chi connectivity index (χ4n) is 2.47. The van der Waals surface area contributed by atoms with Crippen molar-refractivity contribution in [3.63, 3.8) is 0 Å². The van der Waals surface area contributed by atoms with Gasteiger partial charge in [0, 0.05) is 5.56 Å². The average molecular weight is 350 g/mol. The van der Waals surface area contributed by atoms with Gasteiger partial charge in [-0.1, -0.05) is 36.4 Å². The highest BCUT2D eigenvalue weighted by molar-refractivity contribution is 5.92. The first-order valence-electron chi connectivity index (χ1n) is 8.01. The Bertz CT molecular complexity index is 984. The third kappa shape index (κ3) is 3.94. The van der Waals surface area contributed by atoms with Gasteiger partial charge < -0.3 is 10.1 Å². The number of nitrogens with one attached hydrogen (secondary N) is 1. The summed E-state index contributed by atoms with van der Waals surface area (Å²) in [6.07, 6.45) is 1.47. The van der Waals surface area contributed by atoms with E-state index in [1.54, 1.807) is 12.1 Å². The van der Waals surface area contributed by atoms with Crippen molar-refractivity contribution in [2.75, 3.05) is 12.4 Å². The Hall–Kier alpha value is -3.48. The predicted molar refractivity (Wildman–Crippen MR) is 98.1 cm³/mol. The van der Waals surface area contributed by atoms with Crippen molar-refractivity contribution in [1.29, 1.82) is 0 Å². The van der Waals surface area contributed by atoms with E-state index in [9.17, 15) is 9.59 Å². The molecule has 0 aliphatic rings. The standard InChI is InChI=1S/C19H18N4O3/c1-13-8-9-17(26-2)15(10-13)21-18(24)12-23-19(25)22-16(11-20-23)14-6-4-3-5-7-14/h3-11H,12H2,1-2H3,(H,21,24). The van der Waals surface area contributed by atoms with E-state index in [2.05, 4.69) is 15.4 Å². The monoisotopic (exact) mass is 350 g/mol. The van der Waals surface area contributed by atoms with E-state index >= 15 is 0 Å². The highest BCUT2D eigenvalue weighted by Gasteiger charge is 2.11. The van der Waals surface area contributed by atoms with Crippen LogP contribution in [0.2, 0.25) is 0 Å². The first kappa shape index (κ1) is 17.3. The topological polar surface area (TPSA) is 86.1 Å². The van der Waals surface area contributed by atoms with Gasteiger partial charge in [-0.15, -0.1) is 0 Å². The number of carbonyl (C=O) groups excluding carboxylic acids is 1. The summed E-state index contributed by atoms with van der Waals surface area (Å²) in [6.45, 7) is 1.67. The lowest BCUT2D eigenvalue weighted by molar-refractivity contribution is -0.117. The van der Waals surface area contributed by atoms with E-state index in [1.165, 1.54) is 13.3 Å². The average Bonchev–Trinajstić information content (AvgIpc) is 2.64. The number of benzene rings is 2. The van der Waals surface area contributed by atoms with Crippen molar-refractivity contribution >= 4 is 11.6 Å². The van der Waals surface area contributed by atoms with Crippen LogP contribution >= 0.6 is 0 Å². The lowest BCUT2D eigenvalue weighted by atomic mass is 10.2. The van der Waals surface area contributed by atoms with Crippen molar-refractivity contribution < 1.29 is 9.53 Å². The molecule has 0 aliphatic carbocycles. The molecule has 0 atom stereocenters. The Morgan fingerprint density at radius 2 is 1.96 bits per heavy atom. The Labute approximate surface area is 150 Å². The van der Waals surface area contributed by atoms with Gasteiger partial charge in [0.25, 0.3) is 0 Å². The fourth-order valence-corrected chi connectivity index (χ4v) is 2.47. The van der Waals surface area contributed by atoms with Crippen LogP contribution in [0, 0.1) is 6.92 Å². The summed E-state index contributed by atoms with van der Waals surface area (Å²) in [6, 6.07) is 14.7. The number of hydrogen-bond acceptors (Lipinski definition) is 5. The van der Waals surface area contributed by atoms with Gasteiger partial charge in [-0.3, -0.25) is 4.79 Å². The third-order valence-corrected chi connectivity index (χ3v) is 3.75. The molecule has 0 bridgehead atoms. The first-order chi connectivity index (χ1) is 12.6. The zero-order chi connectivity index (χ0) is 18.5. The van der Waals surface area contributed by atoms with Crippen LogP contribution < -0.4 is 15.7 Å². The SMILES string of the molecule is COc1ccc(C)cc1NC(=O)Cn1ncc(-c2ccccc2)nc1=O. The van der Waals surface area contributed by atoms with Crippen LogP contribution in [0.5, 0.6) is 5.75 Å². The smallest absolute Gasteiger partial charge is 0.365 e. The summed E-state index contributed by atoms with van der Waals surface area (Å²) in [5, 5.41) is 6.78. The molecule has 1 heterocycles. The van der Waals surface area contributed by atoms with Gasteiger partial charge in [0.05, 0.1) is 24.7 Å². The third-order valence-electron chi connectivity index (χ3n) is 3.75. The van der Waals surface area contributed by atoms with Crippen molar-refractivity contribution in [1.82, 2.24) is 14.8 Å². The molecule has 2 aromatic carbocycles. The minimum Gasteiger partial charge on any atom is -0.495 e. The van der Waals surface area contributed by atoms with E-state index in [4.69, 9.17) is 4.74 Å². The number of hydrogen-bond donors (Lipinski definition) is 1. The second-order valence-electron chi connectivity index (χ2n) is 5.70. The van der Waals surface area contributed by atoms with Gasteiger partial charge >= 0.3 is 5.69 Å². The van der Waals surface area contributed by atoms with Crippen molar-refractivity contribution in [3.05, 3.63) is 70.8 Å². The Morgan fingerprint density at radius 1 is 1.19 bits per heavy atom. The van der Waals surface area contributed by atoms with Gasteiger partial charge in [-0.2, -0.15) is 10.1 Å². The lowest BCUT2D eigenvalue weighted by Crippen LogP contribution is -2.31. The summed E-state index contributed by atoms with van der Waals surface area (Å²) in [5.41, 5.74) is 2.19. The molecule has 3 rings (SSSR count). The first-order valence-corrected chi connectivity index (χ1v) is 8.01. The second kappa shape index (κ2) is 7.60. The Morgan fingerprint density at radius 3 is 2.65 bits per heavy atom. The number of anilines is 1. The fraction of sp³-hybridized carbons (Fsp3) is 0.158. The number of aryl methyl sites for hydroxylation is 1. The molecule has 26 heavy (non-hydrogen) atoms. The van der Waals surface area contributed by atoms with Gasteiger partial charge in [-0.25, -0.2) is 9.48 Å². The summed E-state index contributed by atoms with van der Waals surface area (Å²) in [5.74, 6) is 0.152. The van der Waals surface area contributed by atoms with Crippen molar-refractivity contribution in [2.45, 2.75) is 13.5 Å². The Kier molecular flexibility index (Phi) is 5.07. The van der Waals surface area contributed by atoms with Gasteiger partial charge in [0.1, 0.15) is 12.3 Å². The van der Waals surface area contributed by atoms with E-state index < -0.39 is 11.6 Å². The molecular formula is C19H18N4O3. The van der Waals surface area contributed by atoms with E-state index in [0.29, 0.717) is 17.1 Å². The molecule has 7 nitrogen and oxygen atoms in total. The molecule has 1 aromatic heterocycles. The van der Waals surface area contributed by atoms with Crippen LogP contribution in [-0.4, -0.2) is 27.8 Å². The second-order valence-corrected chi connectivity index (χ2v) is 5.70. The van der Waals surface area contributed by atoms with Gasteiger partial charge in [0.15, 0.2) is 0 Å².